The molecule has 0 spiro atoms. The second-order valence-electron chi connectivity index (χ2n) is 6.62. The Hall–Kier alpha value is -2.40. The van der Waals surface area contributed by atoms with E-state index in [1.807, 2.05) is 41.8 Å². The SMILES string of the molecule is Cc1cccc(NC(=O)c2cn3c4c(cc(Br)cc4c2=O)CC3C)c1. The molecule has 0 bridgehead atoms. The molecular formula is C20H17BrN2O2. The molecule has 0 radical (unpaired) electrons. The number of rotatable bonds is 2. The van der Waals surface area contributed by atoms with E-state index in [9.17, 15) is 9.59 Å². The number of aryl methyl sites for hydroxylation is 1. The zero-order chi connectivity index (χ0) is 17.7. The fourth-order valence-electron chi connectivity index (χ4n) is 3.54. The van der Waals surface area contributed by atoms with Crippen molar-refractivity contribution in [3.05, 3.63) is 74.0 Å². The standard InChI is InChI=1S/C20H17BrN2O2/c1-11-4-3-5-15(6-11)22-20(25)17-10-23-12(2)7-13-8-14(21)9-16(18(13)23)19(17)24/h3-6,8-10,12H,7H2,1-2H3,(H,22,25). The molecule has 0 fully saturated rings. The van der Waals surface area contributed by atoms with Gasteiger partial charge in [0.2, 0.25) is 5.43 Å². The van der Waals surface area contributed by atoms with E-state index in [4.69, 9.17) is 0 Å². The molecule has 1 aromatic heterocycles. The highest BCUT2D eigenvalue weighted by atomic mass is 79.9. The van der Waals surface area contributed by atoms with Gasteiger partial charge in [0.25, 0.3) is 5.91 Å². The Morgan fingerprint density at radius 1 is 1.28 bits per heavy atom. The summed E-state index contributed by atoms with van der Waals surface area (Å²) in [6.07, 6.45) is 2.56. The van der Waals surface area contributed by atoms with E-state index in [1.165, 1.54) is 0 Å². The predicted octanol–water partition coefficient (Wildman–Crippen LogP) is 4.44. The van der Waals surface area contributed by atoms with E-state index in [-0.39, 0.29) is 22.9 Å². The van der Waals surface area contributed by atoms with Crippen LogP contribution in [0.15, 0.2) is 51.9 Å². The molecule has 2 heterocycles. The molecule has 4 nitrogen and oxygen atoms in total. The molecular weight excluding hydrogens is 380 g/mol. The van der Waals surface area contributed by atoms with Gasteiger partial charge in [-0.25, -0.2) is 0 Å². The van der Waals surface area contributed by atoms with Gasteiger partial charge in [0.1, 0.15) is 5.56 Å². The van der Waals surface area contributed by atoms with Gasteiger partial charge in [-0.15, -0.1) is 0 Å². The van der Waals surface area contributed by atoms with Gasteiger partial charge < -0.3 is 9.88 Å². The van der Waals surface area contributed by atoms with Gasteiger partial charge in [0.05, 0.1) is 5.52 Å². The van der Waals surface area contributed by atoms with E-state index < -0.39 is 0 Å². The first kappa shape index (κ1) is 16.1. The number of halogens is 1. The molecule has 0 saturated heterocycles. The Morgan fingerprint density at radius 3 is 2.84 bits per heavy atom. The largest absolute Gasteiger partial charge is 0.343 e. The Labute approximate surface area is 153 Å². The van der Waals surface area contributed by atoms with E-state index >= 15 is 0 Å². The fourth-order valence-corrected chi connectivity index (χ4v) is 4.05. The number of benzene rings is 2. The summed E-state index contributed by atoms with van der Waals surface area (Å²) in [6, 6.07) is 11.6. The van der Waals surface area contributed by atoms with Crippen molar-refractivity contribution in [2.24, 2.45) is 0 Å². The highest BCUT2D eigenvalue weighted by molar-refractivity contribution is 9.10. The number of carbonyl (C=O) groups is 1. The zero-order valence-corrected chi connectivity index (χ0v) is 15.6. The maximum Gasteiger partial charge on any atom is 0.261 e. The Bertz CT molecular complexity index is 1080. The maximum absolute atomic E-state index is 12.9. The number of hydrogen-bond acceptors (Lipinski definition) is 2. The number of aromatic nitrogens is 1. The van der Waals surface area contributed by atoms with Crippen LogP contribution in [0.5, 0.6) is 0 Å². The van der Waals surface area contributed by atoms with Crippen molar-refractivity contribution in [3.63, 3.8) is 0 Å². The van der Waals surface area contributed by atoms with Gasteiger partial charge in [0, 0.05) is 27.8 Å². The zero-order valence-electron chi connectivity index (χ0n) is 14.0. The molecule has 5 heteroatoms. The number of hydrogen-bond donors (Lipinski definition) is 1. The second-order valence-corrected chi connectivity index (χ2v) is 7.53. The van der Waals surface area contributed by atoms with Gasteiger partial charge in [-0.2, -0.15) is 0 Å². The van der Waals surface area contributed by atoms with Crippen molar-refractivity contribution < 1.29 is 4.79 Å². The number of carbonyl (C=O) groups excluding carboxylic acids is 1. The first-order chi connectivity index (χ1) is 11.9. The third kappa shape index (κ3) is 2.68. The summed E-state index contributed by atoms with van der Waals surface area (Å²) in [7, 11) is 0. The van der Waals surface area contributed by atoms with E-state index in [0.29, 0.717) is 11.1 Å². The molecule has 0 saturated carbocycles. The summed E-state index contributed by atoms with van der Waals surface area (Å²) < 4.78 is 2.91. The molecule has 3 aromatic rings. The van der Waals surface area contributed by atoms with Crippen LogP contribution in [-0.4, -0.2) is 10.5 Å². The lowest BCUT2D eigenvalue weighted by atomic mass is 10.1. The molecule has 1 amide bonds. The summed E-state index contributed by atoms with van der Waals surface area (Å²) in [4.78, 5) is 25.7. The van der Waals surface area contributed by atoms with Crippen molar-refractivity contribution in [3.8, 4) is 0 Å². The quantitative estimate of drug-likeness (QED) is 0.695. The second kappa shape index (κ2) is 5.85. The number of anilines is 1. The normalized spacial score (nSPS) is 15.6. The van der Waals surface area contributed by atoms with Gasteiger partial charge in [0.15, 0.2) is 0 Å². The van der Waals surface area contributed by atoms with Crippen molar-refractivity contribution >= 4 is 38.4 Å². The first-order valence-corrected chi connectivity index (χ1v) is 8.98. The van der Waals surface area contributed by atoms with Crippen molar-refractivity contribution in [1.29, 1.82) is 0 Å². The third-order valence-corrected chi connectivity index (χ3v) is 5.14. The van der Waals surface area contributed by atoms with Gasteiger partial charge in [-0.05, 0) is 55.7 Å². The third-order valence-electron chi connectivity index (χ3n) is 4.68. The smallest absolute Gasteiger partial charge is 0.261 e. The fraction of sp³-hybridized carbons (Fsp3) is 0.200. The lowest BCUT2D eigenvalue weighted by molar-refractivity contribution is 0.102. The van der Waals surface area contributed by atoms with Crippen LogP contribution in [0.3, 0.4) is 0 Å². The predicted molar refractivity (Wildman–Crippen MR) is 103 cm³/mol. The summed E-state index contributed by atoms with van der Waals surface area (Å²) in [5.41, 5.74) is 3.76. The Morgan fingerprint density at radius 2 is 2.08 bits per heavy atom. The molecule has 0 aliphatic carbocycles. The molecule has 1 atom stereocenters. The molecule has 25 heavy (non-hydrogen) atoms. The van der Waals surface area contributed by atoms with Crippen molar-refractivity contribution in [1.82, 2.24) is 4.57 Å². The minimum atomic E-state index is -0.373. The Kier molecular flexibility index (Phi) is 3.76. The lowest BCUT2D eigenvalue weighted by Crippen LogP contribution is -2.23. The van der Waals surface area contributed by atoms with Crippen LogP contribution >= 0.6 is 15.9 Å². The summed E-state index contributed by atoms with van der Waals surface area (Å²) >= 11 is 3.48. The number of pyridine rings is 1. The van der Waals surface area contributed by atoms with E-state index in [1.54, 1.807) is 12.3 Å². The number of amides is 1. The van der Waals surface area contributed by atoms with E-state index in [0.717, 1.165) is 27.5 Å². The van der Waals surface area contributed by atoms with Crippen LogP contribution in [0.25, 0.3) is 10.9 Å². The van der Waals surface area contributed by atoms with Crippen LogP contribution < -0.4 is 10.7 Å². The number of nitrogens with one attached hydrogen (secondary N) is 1. The molecule has 4 rings (SSSR count). The molecule has 1 unspecified atom stereocenters. The molecule has 1 N–H and O–H groups in total. The minimum absolute atomic E-state index is 0.173. The first-order valence-electron chi connectivity index (χ1n) is 8.19. The van der Waals surface area contributed by atoms with Gasteiger partial charge in [-0.1, -0.05) is 28.1 Å². The summed E-state index contributed by atoms with van der Waals surface area (Å²) in [5, 5.41) is 3.43. The van der Waals surface area contributed by atoms with Crippen LogP contribution in [-0.2, 0) is 6.42 Å². The van der Waals surface area contributed by atoms with Crippen LogP contribution in [0.2, 0.25) is 0 Å². The highest BCUT2D eigenvalue weighted by Gasteiger charge is 2.25. The topological polar surface area (TPSA) is 51.1 Å². The van der Waals surface area contributed by atoms with E-state index in [2.05, 4.69) is 28.2 Å². The van der Waals surface area contributed by atoms with Crippen molar-refractivity contribution in [2.45, 2.75) is 26.3 Å². The maximum atomic E-state index is 12.9. The van der Waals surface area contributed by atoms with Crippen LogP contribution in [0, 0.1) is 6.92 Å². The number of nitrogens with zero attached hydrogens (tertiary/aromatic N) is 1. The monoisotopic (exact) mass is 396 g/mol. The average molecular weight is 397 g/mol. The highest BCUT2D eigenvalue weighted by Crippen LogP contribution is 2.33. The van der Waals surface area contributed by atoms with Crippen molar-refractivity contribution in [2.75, 3.05) is 5.32 Å². The Balaban J connectivity index is 1.85. The molecule has 2 aromatic carbocycles. The lowest BCUT2D eigenvalue weighted by Gasteiger charge is -2.13. The summed E-state index contributed by atoms with van der Waals surface area (Å²) in [5.74, 6) is -0.373. The minimum Gasteiger partial charge on any atom is -0.343 e. The average Bonchev–Trinajstić information content (AvgIpc) is 2.86. The van der Waals surface area contributed by atoms with Crippen LogP contribution in [0.1, 0.15) is 34.5 Å². The van der Waals surface area contributed by atoms with Crippen LogP contribution in [0.4, 0.5) is 5.69 Å². The molecule has 1 aliphatic rings. The molecule has 126 valence electrons. The van der Waals surface area contributed by atoms with Gasteiger partial charge in [-0.3, -0.25) is 9.59 Å². The van der Waals surface area contributed by atoms with Gasteiger partial charge >= 0.3 is 0 Å². The molecule has 1 aliphatic heterocycles. The summed E-state index contributed by atoms with van der Waals surface area (Å²) in [6.45, 7) is 4.06.